The topological polar surface area (TPSA) is 118 Å². The summed E-state index contributed by atoms with van der Waals surface area (Å²) in [6.45, 7) is 17.4. The molecule has 2 aliphatic heterocycles. The lowest BCUT2D eigenvalue weighted by Crippen LogP contribution is -2.44. The Hall–Kier alpha value is -3.93. The number of amides is 1. The summed E-state index contributed by atoms with van der Waals surface area (Å²) in [5.74, 6) is 1.34. The number of hydrazone groups is 1. The number of hydrogen-bond acceptors (Lipinski definition) is 10. The molecule has 0 bridgehead atoms. The predicted octanol–water partition coefficient (Wildman–Crippen LogP) is 6.34. The summed E-state index contributed by atoms with van der Waals surface area (Å²) in [6, 6.07) is 14.0. The number of benzene rings is 2. The van der Waals surface area contributed by atoms with Crippen molar-refractivity contribution >= 4 is 41.2 Å². The van der Waals surface area contributed by atoms with E-state index in [2.05, 4.69) is 79.4 Å². The van der Waals surface area contributed by atoms with Crippen LogP contribution in [0.25, 0.3) is 0 Å². The lowest BCUT2D eigenvalue weighted by atomic mass is 9.76. The standard InChI is InChI=1S/C36H50N8O3S/c1-9-34(4,5)25-14-19-29(28(22-25)35(6,7)10-2)47-36(11-3,24-45)23-37-26-15-17-27(18-16-26)44-32(46)30(48-33-38-40-41-42(33)8)31(39-44)43-20-12-13-21-43/h14-19,22,24,30,37H,9-13,20-21,23H2,1-8H3. The predicted molar refractivity (Wildman–Crippen MR) is 192 cm³/mol. The fourth-order valence-electron chi connectivity index (χ4n) is 5.85. The number of carbonyl (C=O) groups excluding carboxylic acids is 2. The van der Waals surface area contributed by atoms with E-state index in [1.807, 2.05) is 37.3 Å². The molecular weight excluding hydrogens is 625 g/mol. The Balaban J connectivity index is 1.33. The number of rotatable bonds is 14. The number of likely N-dealkylation sites (tertiary alicyclic amines) is 1. The van der Waals surface area contributed by atoms with E-state index < -0.39 is 10.9 Å². The lowest BCUT2D eigenvalue weighted by molar-refractivity contribution is -0.120. The molecule has 2 aliphatic rings. The molecular formula is C36H50N8O3S. The third kappa shape index (κ3) is 7.23. The number of aldehydes is 1. The maximum Gasteiger partial charge on any atom is 0.268 e. The molecule has 5 rings (SSSR count). The quantitative estimate of drug-likeness (QED) is 0.196. The number of tetrazole rings is 1. The van der Waals surface area contributed by atoms with Crippen LogP contribution in [0.15, 0.2) is 52.7 Å². The fourth-order valence-corrected chi connectivity index (χ4v) is 6.84. The Morgan fingerprint density at radius 2 is 1.67 bits per heavy atom. The molecule has 48 heavy (non-hydrogen) atoms. The molecule has 258 valence electrons. The minimum Gasteiger partial charge on any atom is -0.478 e. The first-order valence-electron chi connectivity index (χ1n) is 17.1. The first-order chi connectivity index (χ1) is 22.9. The molecule has 2 atom stereocenters. The number of anilines is 2. The summed E-state index contributed by atoms with van der Waals surface area (Å²) in [6.07, 6.45) is 5.51. The Labute approximate surface area is 288 Å². The summed E-state index contributed by atoms with van der Waals surface area (Å²) in [4.78, 5) is 28.6. The highest BCUT2D eigenvalue weighted by atomic mass is 32.2. The van der Waals surface area contributed by atoms with Crippen LogP contribution in [-0.2, 0) is 27.5 Å². The smallest absolute Gasteiger partial charge is 0.268 e. The van der Waals surface area contributed by atoms with E-state index in [1.165, 1.54) is 22.3 Å². The number of thioether (sulfide) groups is 1. The number of carbonyl (C=O) groups is 2. The van der Waals surface area contributed by atoms with Crippen LogP contribution in [0.5, 0.6) is 5.75 Å². The highest BCUT2D eigenvalue weighted by molar-refractivity contribution is 8.01. The normalized spacial score (nSPS) is 18.2. The van der Waals surface area contributed by atoms with E-state index in [1.54, 1.807) is 11.7 Å². The van der Waals surface area contributed by atoms with Gasteiger partial charge in [0.25, 0.3) is 5.91 Å². The molecule has 0 saturated carbocycles. The summed E-state index contributed by atoms with van der Waals surface area (Å²) >= 11 is 1.32. The summed E-state index contributed by atoms with van der Waals surface area (Å²) in [5, 5.41) is 21.4. The van der Waals surface area contributed by atoms with Gasteiger partial charge in [0.05, 0.1) is 12.2 Å². The van der Waals surface area contributed by atoms with Crippen LogP contribution in [0, 0.1) is 0 Å². The van der Waals surface area contributed by atoms with Crippen LogP contribution >= 0.6 is 11.8 Å². The second-order valence-corrected chi connectivity index (χ2v) is 15.2. The van der Waals surface area contributed by atoms with Crippen LogP contribution in [0.4, 0.5) is 11.4 Å². The van der Waals surface area contributed by atoms with Gasteiger partial charge >= 0.3 is 0 Å². The van der Waals surface area contributed by atoms with Gasteiger partial charge in [-0.05, 0) is 89.3 Å². The molecule has 2 unspecified atom stereocenters. The molecule has 0 aliphatic carbocycles. The Morgan fingerprint density at radius 1 is 0.979 bits per heavy atom. The van der Waals surface area contributed by atoms with Gasteiger partial charge in [-0.1, -0.05) is 72.4 Å². The first kappa shape index (κ1) is 35.4. The fraction of sp³-hybridized carbons (Fsp3) is 0.556. The molecule has 3 heterocycles. The van der Waals surface area contributed by atoms with Crippen molar-refractivity contribution in [3.05, 3.63) is 53.6 Å². The highest BCUT2D eigenvalue weighted by Crippen LogP contribution is 2.40. The molecule has 1 amide bonds. The van der Waals surface area contributed by atoms with Gasteiger partial charge in [0, 0.05) is 31.4 Å². The third-order valence-corrected chi connectivity index (χ3v) is 11.4. The van der Waals surface area contributed by atoms with Crippen molar-refractivity contribution in [1.29, 1.82) is 0 Å². The average molecular weight is 675 g/mol. The van der Waals surface area contributed by atoms with Crippen molar-refractivity contribution in [1.82, 2.24) is 25.1 Å². The summed E-state index contributed by atoms with van der Waals surface area (Å²) in [7, 11) is 1.76. The Kier molecular flexibility index (Phi) is 10.5. The lowest BCUT2D eigenvalue weighted by Gasteiger charge is -2.34. The Morgan fingerprint density at radius 3 is 2.25 bits per heavy atom. The van der Waals surface area contributed by atoms with E-state index in [-0.39, 0.29) is 23.3 Å². The number of aryl methyl sites for hydroxylation is 1. The number of nitrogens with one attached hydrogen (secondary N) is 1. The van der Waals surface area contributed by atoms with Crippen LogP contribution < -0.4 is 15.1 Å². The number of amidine groups is 1. The molecule has 2 aromatic carbocycles. The minimum atomic E-state index is -1.07. The summed E-state index contributed by atoms with van der Waals surface area (Å²) in [5.41, 5.74) is 2.68. The number of aromatic nitrogens is 4. The van der Waals surface area contributed by atoms with E-state index in [0.29, 0.717) is 17.3 Å². The van der Waals surface area contributed by atoms with Gasteiger partial charge in [0.2, 0.25) is 5.16 Å². The monoisotopic (exact) mass is 674 g/mol. The van der Waals surface area contributed by atoms with Crippen molar-refractivity contribution < 1.29 is 14.3 Å². The van der Waals surface area contributed by atoms with Crippen molar-refractivity contribution in [2.45, 2.75) is 107 Å². The molecule has 1 saturated heterocycles. The highest BCUT2D eigenvalue weighted by Gasteiger charge is 2.42. The van der Waals surface area contributed by atoms with Gasteiger partial charge in [0.15, 0.2) is 17.1 Å². The maximum atomic E-state index is 13.7. The van der Waals surface area contributed by atoms with Crippen molar-refractivity contribution in [2.75, 3.05) is 30.0 Å². The van der Waals surface area contributed by atoms with E-state index in [9.17, 15) is 9.59 Å². The van der Waals surface area contributed by atoms with Gasteiger partial charge in [0.1, 0.15) is 11.6 Å². The SMILES string of the molecule is CCC(C=O)(CNc1ccc(N2N=C(N3CCCC3)C(Sc3nnnn3C)C2=O)cc1)Oc1ccc(C(C)(C)CC)cc1C(C)(C)CC. The zero-order valence-electron chi connectivity index (χ0n) is 29.6. The molecule has 1 N–H and O–H groups in total. The minimum absolute atomic E-state index is 0.0334. The van der Waals surface area contributed by atoms with Crippen LogP contribution in [0.3, 0.4) is 0 Å². The van der Waals surface area contributed by atoms with Crippen LogP contribution in [-0.4, -0.2) is 73.6 Å². The maximum absolute atomic E-state index is 13.7. The molecule has 0 spiro atoms. The van der Waals surface area contributed by atoms with E-state index in [0.717, 1.165) is 67.9 Å². The van der Waals surface area contributed by atoms with E-state index >= 15 is 0 Å². The molecule has 1 fully saturated rings. The van der Waals surface area contributed by atoms with Gasteiger partial charge < -0.3 is 15.0 Å². The number of ether oxygens (including phenoxy) is 1. The van der Waals surface area contributed by atoms with Gasteiger partial charge in [-0.3, -0.25) is 9.59 Å². The van der Waals surface area contributed by atoms with Gasteiger partial charge in [-0.2, -0.15) is 10.1 Å². The van der Waals surface area contributed by atoms with Crippen molar-refractivity contribution in [3.63, 3.8) is 0 Å². The van der Waals surface area contributed by atoms with Crippen LogP contribution in [0.1, 0.15) is 91.7 Å². The van der Waals surface area contributed by atoms with Crippen LogP contribution in [0.2, 0.25) is 0 Å². The first-order valence-corrected chi connectivity index (χ1v) is 18.0. The number of hydrogen-bond donors (Lipinski definition) is 1. The molecule has 3 aromatic rings. The molecule has 11 nitrogen and oxygen atoms in total. The number of nitrogens with zero attached hydrogens (tertiary/aromatic N) is 7. The van der Waals surface area contributed by atoms with Gasteiger partial charge in [-0.15, -0.1) is 5.10 Å². The van der Waals surface area contributed by atoms with Crippen molar-refractivity contribution in [3.8, 4) is 5.75 Å². The zero-order chi connectivity index (χ0) is 34.7. The van der Waals surface area contributed by atoms with Crippen molar-refractivity contribution in [2.24, 2.45) is 12.1 Å². The molecule has 1 aromatic heterocycles. The summed E-state index contributed by atoms with van der Waals surface area (Å²) < 4.78 is 8.23. The second kappa shape index (κ2) is 14.3. The second-order valence-electron chi connectivity index (χ2n) is 14.1. The van der Waals surface area contributed by atoms with E-state index in [4.69, 9.17) is 9.84 Å². The third-order valence-electron chi connectivity index (χ3n) is 10.2. The molecule has 12 heteroatoms. The van der Waals surface area contributed by atoms with Gasteiger partial charge in [-0.25, -0.2) is 4.68 Å². The largest absolute Gasteiger partial charge is 0.478 e. The Bertz CT molecular complexity index is 1630. The molecule has 0 radical (unpaired) electrons. The average Bonchev–Trinajstić information content (AvgIpc) is 3.85. The zero-order valence-corrected chi connectivity index (χ0v) is 30.4.